The summed E-state index contributed by atoms with van der Waals surface area (Å²) < 4.78 is 11.4. The molecule has 2 aromatic carbocycles. The lowest BCUT2D eigenvalue weighted by Gasteiger charge is -2.20. The first-order chi connectivity index (χ1) is 14.9. The second-order valence-corrected chi connectivity index (χ2v) is 8.38. The molecule has 1 N–H and O–H groups in total. The molecule has 31 heavy (non-hydrogen) atoms. The van der Waals surface area contributed by atoms with Gasteiger partial charge >= 0.3 is 0 Å². The van der Waals surface area contributed by atoms with Gasteiger partial charge in [0.2, 0.25) is 5.17 Å². The van der Waals surface area contributed by atoms with E-state index in [1.165, 1.54) is 16.8 Å². The fraction of sp³-hybridized carbons (Fsp3) is 0.182. The number of carbonyl (C=O) groups excluding carboxylic acids is 1. The number of amidine groups is 2. The van der Waals surface area contributed by atoms with Crippen molar-refractivity contribution >= 4 is 51.4 Å². The highest BCUT2D eigenvalue weighted by atomic mass is 35.5. The molecule has 0 aromatic heterocycles. The van der Waals surface area contributed by atoms with Gasteiger partial charge in [0.05, 0.1) is 10.6 Å². The minimum Gasteiger partial charge on any atom is -0.490 e. The SMILES string of the molecule is CC1=NN2C(=N)C(=Cc3ccc(OCCOc4ccc(Cl)c(C)c4)cc3)C(=O)N=C2S1. The minimum absolute atomic E-state index is 0.0225. The molecule has 0 fully saturated rings. The number of thioether (sulfide) groups is 1. The summed E-state index contributed by atoms with van der Waals surface area (Å²) in [4.78, 5) is 16.3. The lowest BCUT2D eigenvalue weighted by atomic mass is 10.1. The minimum atomic E-state index is -0.441. The summed E-state index contributed by atoms with van der Waals surface area (Å²) in [5.41, 5.74) is 1.92. The van der Waals surface area contributed by atoms with Crippen molar-refractivity contribution in [2.24, 2.45) is 10.1 Å². The largest absolute Gasteiger partial charge is 0.490 e. The Labute approximate surface area is 188 Å². The predicted molar refractivity (Wildman–Crippen MR) is 124 cm³/mol. The van der Waals surface area contributed by atoms with Gasteiger partial charge < -0.3 is 9.47 Å². The third-order valence-corrected chi connectivity index (χ3v) is 5.74. The van der Waals surface area contributed by atoms with Crippen molar-refractivity contribution in [3.05, 3.63) is 64.2 Å². The Bertz CT molecular complexity index is 1140. The average Bonchev–Trinajstić information content (AvgIpc) is 3.12. The van der Waals surface area contributed by atoms with Crippen LogP contribution in [0.5, 0.6) is 11.5 Å². The molecule has 2 aliphatic rings. The van der Waals surface area contributed by atoms with Crippen molar-refractivity contribution in [3.8, 4) is 11.5 Å². The molecule has 1 amide bonds. The van der Waals surface area contributed by atoms with Crippen LogP contribution in [0.3, 0.4) is 0 Å². The van der Waals surface area contributed by atoms with Crippen molar-refractivity contribution in [2.45, 2.75) is 13.8 Å². The van der Waals surface area contributed by atoms with Crippen molar-refractivity contribution in [1.82, 2.24) is 5.01 Å². The van der Waals surface area contributed by atoms with E-state index in [2.05, 4.69) is 10.1 Å². The zero-order chi connectivity index (χ0) is 22.0. The second-order valence-electron chi connectivity index (χ2n) is 6.82. The number of amides is 1. The Hall–Kier alpha value is -3.10. The van der Waals surface area contributed by atoms with Crippen LogP contribution < -0.4 is 9.47 Å². The first-order valence-corrected chi connectivity index (χ1v) is 10.7. The number of hydrogen-bond donors (Lipinski definition) is 1. The number of hydrogen-bond acceptors (Lipinski definition) is 6. The van der Waals surface area contributed by atoms with E-state index >= 15 is 0 Å². The summed E-state index contributed by atoms with van der Waals surface area (Å²) in [7, 11) is 0. The number of nitrogens with zero attached hydrogens (tertiary/aromatic N) is 3. The van der Waals surface area contributed by atoms with Gasteiger partial charge in [0.25, 0.3) is 5.91 Å². The van der Waals surface area contributed by atoms with Crippen LogP contribution in [0, 0.1) is 12.3 Å². The number of aliphatic imine (C=N–C) groups is 1. The third-order valence-electron chi connectivity index (χ3n) is 4.50. The molecule has 2 aromatic rings. The van der Waals surface area contributed by atoms with Gasteiger partial charge in [0.15, 0.2) is 5.84 Å². The molecule has 0 bridgehead atoms. The number of nitrogens with one attached hydrogen (secondary N) is 1. The van der Waals surface area contributed by atoms with E-state index in [0.29, 0.717) is 29.2 Å². The first-order valence-electron chi connectivity index (χ1n) is 9.49. The molecular weight excluding hydrogens is 436 g/mol. The quantitative estimate of drug-likeness (QED) is 0.503. The standard InChI is InChI=1S/C22H19ClN4O3S/c1-13-11-17(7-8-19(13)23)30-10-9-29-16-5-3-15(4-6-16)12-18-20(24)27-22(25-21(18)28)31-14(2)26-27/h3-8,11-12,24H,9-10H2,1-2H3. The fourth-order valence-electron chi connectivity index (χ4n) is 2.94. The molecule has 7 nitrogen and oxygen atoms in total. The monoisotopic (exact) mass is 454 g/mol. The van der Waals surface area contributed by atoms with Gasteiger partial charge in [-0.1, -0.05) is 23.7 Å². The number of rotatable bonds is 6. The van der Waals surface area contributed by atoms with E-state index in [1.807, 2.05) is 38.1 Å². The zero-order valence-electron chi connectivity index (χ0n) is 16.9. The van der Waals surface area contributed by atoms with Gasteiger partial charge in [-0.3, -0.25) is 10.2 Å². The number of benzene rings is 2. The Balaban J connectivity index is 1.34. The highest BCUT2D eigenvalue weighted by molar-refractivity contribution is 8.26. The van der Waals surface area contributed by atoms with E-state index < -0.39 is 5.91 Å². The lowest BCUT2D eigenvalue weighted by Crippen LogP contribution is -2.35. The molecule has 0 radical (unpaired) electrons. The molecule has 0 saturated carbocycles. The Kier molecular flexibility index (Phi) is 6.11. The van der Waals surface area contributed by atoms with Crippen LogP contribution in [0.2, 0.25) is 5.02 Å². The molecule has 2 heterocycles. The Morgan fingerprint density at radius 3 is 2.48 bits per heavy atom. The fourth-order valence-corrected chi connectivity index (χ4v) is 3.79. The van der Waals surface area contributed by atoms with Crippen molar-refractivity contribution < 1.29 is 14.3 Å². The third kappa shape index (κ3) is 4.81. The zero-order valence-corrected chi connectivity index (χ0v) is 18.5. The number of aryl methyl sites for hydroxylation is 1. The molecule has 0 aliphatic carbocycles. The van der Waals surface area contributed by atoms with E-state index in [9.17, 15) is 4.79 Å². The molecule has 0 unspecified atom stereocenters. The van der Waals surface area contributed by atoms with Gasteiger partial charge in [-0.15, -0.1) is 0 Å². The maximum Gasteiger partial charge on any atom is 0.283 e. The van der Waals surface area contributed by atoms with E-state index in [0.717, 1.165) is 21.9 Å². The van der Waals surface area contributed by atoms with Gasteiger partial charge in [-0.05, 0) is 73.1 Å². The summed E-state index contributed by atoms with van der Waals surface area (Å²) in [6, 6.07) is 12.8. The molecular formula is C22H19ClN4O3S. The molecule has 158 valence electrons. The molecule has 0 atom stereocenters. The van der Waals surface area contributed by atoms with E-state index in [1.54, 1.807) is 24.3 Å². The lowest BCUT2D eigenvalue weighted by molar-refractivity contribution is -0.114. The number of halogens is 1. The van der Waals surface area contributed by atoms with Crippen molar-refractivity contribution in [2.75, 3.05) is 13.2 Å². The van der Waals surface area contributed by atoms with Crippen LogP contribution in [0.25, 0.3) is 6.08 Å². The van der Waals surface area contributed by atoms with Gasteiger partial charge in [-0.2, -0.15) is 15.1 Å². The normalized spacial score (nSPS) is 16.9. The van der Waals surface area contributed by atoms with Crippen LogP contribution >= 0.6 is 23.4 Å². The number of carbonyl (C=O) groups is 1. The summed E-state index contributed by atoms with van der Waals surface area (Å²) in [6.07, 6.45) is 1.63. The number of ether oxygens (including phenoxy) is 2. The number of fused-ring (bicyclic) bond motifs is 1. The van der Waals surface area contributed by atoms with E-state index in [4.69, 9.17) is 26.5 Å². The molecule has 0 spiro atoms. The van der Waals surface area contributed by atoms with Gasteiger partial charge in [0.1, 0.15) is 24.7 Å². The Morgan fingerprint density at radius 2 is 1.77 bits per heavy atom. The molecule has 0 saturated heterocycles. The van der Waals surface area contributed by atoms with Crippen LogP contribution in [0.15, 0.2) is 58.1 Å². The van der Waals surface area contributed by atoms with Crippen LogP contribution in [0.1, 0.15) is 18.1 Å². The topological polar surface area (TPSA) is 87.3 Å². The summed E-state index contributed by atoms with van der Waals surface area (Å²) in [5.74, 6) is 1.01. The smallest absolute Gasteiger partial charge is 0.283 e. The maximum absolute atomic E-state index is 12.3. The Morgan fingerprint density at radius 1 is 1.10 bits per heavy atom. The van der Waals surface area contributed by atoms with Crippen molar-refractivity contribution in [3.63, 3.8) is 0 Å². The molecule has 9 heteroatoms. The molecule has 4 rings (SSSR count). The van der Waals surface area contributed by atoms with Gasteiger partial charge in [0, 0.05) is 5.02 Å². The van der Waals surface area contributed by atoms with Crippen LogP contribution in [-0.2, 0) is 4.79 Å². The van der Waals surface area contributed by atoms with Crippen molar-refractivity contribution in [1.29, 1.82) is 5.41 Å². The maximum atomic E-state index is 12.3. The number of hydrazone groups is 1. The molecule has 2 aliphatic heterocycles. The van der Waals surface area contributed by atoms with Crippen LogP contribution in [-0.4, -0.2) is 40.2 Å². The summed E-state index contributed by atoms with van der Waals surface area (Å²) in [6.45, 7) is 4.51. The predicted octanol–water partition coefficient (Wildman–Crippen LogP) is 4.75. The highest BCUT2D eigenvalue weighted by Gasteiger charge is 2.34. The summed E-state index contributed by atoms with van der Waals surface area (Å²) >= 11 is 7.29. The summed E-state index contributed by atoms with van der Waals surface area (Å²) in [5, 5.41) is 15.8. The van der Waals surface area contributed by atoms with Gasteiger partial charge in [-0.25, -0.2) is 0 Å². The average molecular weight is 455 g/mol. The van der Waals surface area contributed by atoms with Crippen LogP contribution in [0.4, 0.5) is 0 Å². The highest BCUT2D eigenvalue weighted by Crippen LogP contribution is 2.28. The first kappa shape index (κ1) is 21.1. The second kappa shape index (κ2) is 8.95. The van der Waals surface area contributed by atoms with E-state index in [-0.39, 0.29) is 11.4 Å².